The van der Waals surface area contributed by atoms with E-state index in [-0.39, 0.29) is 11.6 Å². The Balaban J connectivity index is 1.43. The Kier molecular flexibility index (Phi) is 3.70. The number of anilines is 1. The summed E-state index contributed by atoms with van der Waals surface area (Å²) in [5.41, 5.74) is 2.68. The molecule has 0 radical (unpaired) electrons. The van der Waals surface area contributed by atoms with Crippen molar-refractivity contribution in [3.05, 3.63) is 52.2 Å². The highest BCUT2D eigenvalue weighted by Crippen LogP contribution is 2.25. The van der Waals surface area contributed by atoms with Crippen molar-refractivity contribution in [3.63, 3.8) is 0 Å². The quantitative estimate of drug-likeness (QED) is 0.701. The van der Waals surface area contributed by atoms with Crippen LogP contribution in [-0.2, 0) is 24.3 Å². The second-order valence-corrected chi connectivity index (χ2v) is 6.85. The van der Waals surface area contributed by atoms with Crippen molar-refractivity contribution in [1.82, 2.24) is 24.4 Å². The van der Waals surface area contributed by atoms with Gasteiger partial charge < -0.3 is 9.64 Å². The molecule has 0 aliphatic carbocycles. The van der Waals surface area contributed by atoms with Gasteiger partial charge in [-0.15, -0.1) is 5.10 Å². The maximum absolute atomic E-state index is 12.5. The minimum Gasteiger partial charge on any atom is -0.376 e. The number of ether oxygens (including phenoxy) is 1. The normalized spacial score (nSPS) is 19.8. The molecule has 1 unspecified atom stereocenters. The third kappa shape index (κ3) is 2.66. The highest BCUT2D eigenvalue weighted by atomic mass is 16.5. The molecule has 2 aliphatic rings. The zero-order valence-electron chi connectivity index (χ0n) is 14.4. The number of imidazole rings is 1. The van der Waals surface area contributed by atoms with Crippen molar-refractivity contribution in [2.45, 2.75) is 38.5 Å². The van der Waals surface area contributed by atoms with Gasteiger partial charge in [-0.2, -0.15) is 5.10 Å². The molecular formula is C18H20N6O2. The first kappa shape index (κ1) is 15.5. The lowest BCUT2D eigenvalue weighted by Gasteiger charge is -2.26. The van der Waals surface area contributed by atoms with E-state index in [1.807, 2.05) is 18.3 Å². The fraction of sp³-hybridized carbons (Fsp3) is 0.444. The van der Waals surface area contributed by atoms with Crippen LogP contribution in [0.25, 0.3) is 5.65 Å². The van der Waals surface area contributed by atoms with E-state index in [0.717, 1.165) is 48.5 Å². The van der Waals surface area contributed by atoms with Crippen LogP contribution < -0.4 is 10.5 Å². The SMILES string of the molecule is O=c1cc2c(nn1CC1CCCN1c1ccc3nccn3n1)CCOC2. The predicted octanol–water partition coefficient (Wildman–Crippen LogP) is 1.03. The van der Waals surface area contributed by atoms with E-state index < -0.39 is 0 Å². The molecule has 1 saturated heterocycles. The summed E-state index contributed by atoms with van der Waals surface area (Å²) >= 11 is 0. The minimum atomic E-state index is -0.0564. The summed E-state index contributed by atoms with van der Waals surface area (Å²) in [4.78, 5) is 19.0. The minimum absolute atomic E-state index is 0.0564. The van der Waals surface area contributed by atoms with Gasteiger partial charge >= 0.3 is 0 Å². The van der Waals surface area contributed by atoms with E-state index in [1.165, 1.54) is 0 Å². The molecule has 0 bridgehead atoms. The van der Waals surface area contributed by atoms with Crippen molar-refractivity contribution in [2.24, 2.45) is 0 Å². The van der Waals surface area contributed by atoms with Gasteiger partial charge in [0.1, 0.15) is 5.82 Å². The van der Waals surface area contributed by atoms with Crippen molar-refractivity contribution in [3.8, 4) is 0 Å². The van der Waals surface area contributed by atoms with Gasteiger partial charge in [-0.05, 0) is 25.0 Å². The number of nitrogens with zero attached hydrogens (tertiary/aromatic N) is 6. The van der Waals surface area contributed by atoms with Crippen molar-refractivity contribution < 1.29 is 4.74 Å². The van der Waals surface area contributed by atoms with Crippen molar-refractivity contribution >= 4 is 11.5 Å². The third-order valence-electron chi connectivity index (χ3n) is 5.20. The first-order valence-electron chi connectivity index (χ1n) is 9.03. The lowest BCUT2D eigenvalue weighted by Crippen LogP contribution is -2.38. The Morgan fingerprint density at radius 3 is 3.19 bits per heavy atom. The fourth-order valence-corrected chi connectivity index (χ4v) is 3.87. The van der Waals surface area contributed by atoms with Crippen LogP contribution in [-0.4, -0.2) is 43.6 Å². The summed E-state index contributed by atoms with van der Waals surface area (Å²) in [6, 6.07) is 5.87. The van der Waals surface area contributed by atoms with Gasteiger partial charge in [0.05, 0.1) is 31.5 Å². The molecule has 0 amide bonds. The molecule has 8 nitrogen and oxygen atoms in total. The van der Waals surface area contributed by atoms with Crippen LogP contribution in [0, 0.1) is 0 Å². The molecule has 0 N–H and O–H groups in total. The molecule has 0 saturated carbocycles. The first-order valence-corrected chi connectivity index (χ1v) is 9.03. The van der Waals surface area contributed by atoms with Crippen LogP contribution in [0.3, 0.4) is 0 Å². The molecular weight excluding hydrogens is 332 g/mol. The molecule has 3 aromatic rings. The molecule has 0 aromatic carbocycles. The van der Waals surface area contributed by atoms with E-state index >= 15 is 0 Å². The molecule has 1 atom stereocenters. The highest BCUT2D eigenvalue weighted by Gasteiger charge is 2.27. The Morgan fingerprint density at radius 1 is 1.27 bits per heavy atom. The monoisotopic (exact) mass is 352 g/mol. The van der Waals surface area contributed by atoms with E-state index in [4.69, 9.17) is 4.74 Å². The summed E-state index contributed by atoms with van der Waals surface area (Å²) < 4.78 is 8.82. The lowest BCUT2D eigenvalue weighted by molar-refractivity contribution is 0.108. The molecule has 134 valence electrons. The number of hydrogen-bond donors (Lipinski definition) is 0. The lowest BCUT2D eigenvalue weighted by atomic mass is 10.1. The maximum atomic E-state index is 12.5. The summed E-state index contributed by atoms with van der Waals surface area (Å²) in [6.45, 7) is 2.67. The van der Waals surface area contributed by atoms with E-state index in [2.05, 4.69) is 20.1 Å². The largest absolute Gasteiger partial charge is 0.376 e. The number of fused-ring (bicyclic) bond motifs is 2. The van der Waals surface area contributed by atoms with Gasteiger partial charge in [-0.1, -0.05) is 0 Å². The molecule has 8 heteroatoms. The second-order valence-electron chi connectivity index (χ2n) is 6.85. The Hall–Kier alpha value is -2.74. The summed E-state index contributed by atoms with van der Waals surface area (Å²) in [7, 11) is 0. The second kappa shape index (κ2) is 6.21. The van der Waals surface area contributed by atoms with Gasteiger partial charge in [0.15, 0.2) is 5.65 Å². The Bertz CT molecular complexity index is 1010. The Morgan fingerprint density at radius 2 is 2.23 bits per heavy atom. The van der Waals surface area contributed by atoms with Gasteiger partial charge in [-0.25, -0.2) is 14.2 Å². The molecule has 3 aromatic heterocycles. The molecule has 5 rings (SSSR count). The molecule has 0 spiro atoms. The van der Waals surface area contributed by atoms with E-state index in [1.54, 1.807) is 21.5 Å². The molecule has 5 heterocycles. The van der Waals surface area contributed by atoms with Crippen molar-refractivity contribution in [1.29, 1.82) is 0 Å². The van der Waals surface area contributed by atoms with Gasteiger partial charge in [0.25, 0.3) is 5.56 Å². The van der Waals surface area contributed by atoms with Gasteiger partial charge in [-0.3, -0.25) is 4.79 Å². The number of hydrogen-bond acceptors (Lipinski definition) is 6. The topological polar surface area (TPSA) is 77.6 Å². The zero-order valence-corrected chi connectivity index (χ0v) is 14.4. The van der Waals surface area contributed by atoms with E-state index in [0.29, 0.717) is 19.8 Å². The number of rotatable bonds is 3. The fourth-order valence-electron chi connectivity index (χ4n) is 3.87. The smallest absolute Gasteiger partial charge is 0.267 e. The summed E-state index contributed by atoms with van der Waals surface area (Å²) in [5, 5.41) is 9.27. The van der Waals surface area contributed by atoms with Crippen LogP contribution in [0.1, 0.15) is 24.1 Å². The van der Waals surface area contributed by atoms with E-state index in [9.17, 15) is 4.79 Å². The molecule has 2 aliphatic heterocycles. The maximum Gasteiger partial charge on any atom is 0.267 e. The highest BCUT2D eigenvalue weighted by molar-refractivity contribution is 5.47. The van der Waals surface area contributed by atoms with Crippen LogP contribution >= 0.6 is 0 Å². The van der Waals surface area contributed by atoms with Gasteiger partial charge in [0, 0.05) is 37.0 Å². The summed E-state index contributed by atoms with van der Waals surface area (Å²) in [5.74, 6) is 0.914. The molecule has 1 fully saturated rings. The third-order valence-corrected chi connectivity index (χ3v) is 5.20. The van der Waals surface area contributed by atoms with Crippen LogP contribution in [0.15, 0.2) is 35.4 Å². The first-order chi connectivity index (χ1) is 12.8. The average molecular weight is 352 g/mol. The average Bonchev–Trinajstić information content (AvgIpc) is 3.30. The van der Waals surface area contributed by atoms with Crippen molar-refractivity contribution in [2.75, 3.05) is 18.1 Å². The summed E-state index contributed by atoms with van der Waals surface area (Å²) in [6.07, 6.45) is 6.47. The van der Waals surface area contributed by atoms with Crippen LogP contribution in [0.4, 0.5) is 5.82 Å². The van der Waals surface area contributed by atoms with Crippen LogP contribution in [0.5, 0.6) is 0 Å². The Labute approximate surface area is 150 Å². The standard InChI is InChI=1S/C18H20N6O2/c25-18-10-13-12-26-9-5-15(13)20-24(18)11-14-2-1-7-22(14)17-4-3-16-19-6-8-23(16)21-17/h3-4,6,8,10,14H,1-2,5,7,9,11-12H2. The predicted molar refractivity (Wildman–Crippen MR) is 95.2 cm³/mol. The zero-order chi connectivity index (χ0) is 17.5. The molecule has 26 heavy (non-hydrogen) atoms. The van der Waals surface area contributed by atoms with Gasteiger partial charge in [0.2, 0.25) is 0 Å². The number of aromatic nitrogens is 5. The van der Waals surface area contributed by atoms with Crippen LogP contribution in [0.2, 0.25) is 0 Å².